The summed E-state index contributed by atoms with van der Waals surface area (Å²) in [6.45, 7) is 0.775. The van der Waals surface area contributed by atoms with Crippen LogP contribution in [0.1, 0.15) is 49.1 Å². The van der Waals surface area contributed by atoms with Crippen LogP contribution in [0.3, 0.4) is 0 Å². The van der Waals surface area contributed by atoms with E-state index >= 15 is 0 Å². The Kier molecular flexibility index (Phi) is 8.02. The van der Waals surface area contributed by atoms with Crippen molar-refractivity contribution in [3.8, 4) is 0 Å². The second kappa shape index (κ2) is 10.8. The number of benzene rings is 1. The van der Waals surface area contributed by atoms with Crippen LogP contribution in [0.5, 0.6) is 0 Å². The summed E-state index contributed by atoms with van der Waals surface area (Å²) < 4.78 is 73.4. The third kappa shape index (κ3) is 6.95. The van der Waals surface area contributed by atoms with Crippen molar-refractivity contribution in [2.45, 2.75) is 56.3 Å². The van der Waals surface area contributed by atoms with Crippen LogP contribution >= 0.6 is 0 Å². The van der Waals surface area contributed by atoms with Gasteiger partial charge in [0, 0.05) is 31.2 Å². The van der Waals surface area contributed by atoms with Crippen LogP contribution in [0.4, 0.5) is 19.0 Å². The van der Waals surface area contributed by atoms with E-state index < -0.39 is 27.8 Å². The minimum Gasteiger partial charge on any atom is -0.378 e. The number of ether oxygens (including phenoxy) is 1. The number of aromatic nitrogens is 1. The van der Waals surface area contributed by atoms with Crippen molar-refractivity contribution in [3.63, 3.8) is 0 Å². The molecule has 2 heterocycles. The maximum Gasteiger partial charge on any atom is 0.419 e. The average Bonchev–Trinajstić information content (AvgIpc) is 2.83. The van der Waals surface area contributed by atoms with Gasteiger partial charge in [0.25, 0.3) is 0 Å². The number of rotatable bonds is 7. The summed E-state index contributed by atoms with van der Waals surface area (Å²) in [5.41, 5.74) is 0.551. The van der Waals surface area contributed by atoms with E-state index in [9.17, 15) is 21.6 Å². The monoisotopic (exact) mass is 511 g/mol. The highest BCUT2D eigenvalue weighted by Crippen LogP contribution is 2.37. The van der Waals surface area contributed by atoms with Gasteiger partial charge >= 0.3 is 6.18 Å². The lowest BCUT2D eigenvalue weighted by Gasteiger charge is -2.40. The lowest BCUT2D eigenvalue weighted by atomic mass is 9.82. The largest absolute Gasteiger partial charge is 0.419 e. The summed E-state index contributed by atoms with van der Waals surface area (Å²) in [5, 5.41) is 0. The van der Waals surface area contributed by atoms with Crippen LogP contribution in [0.25, 0.3) is 0 Å². The molecule has 0 amide bonds. The fourth-order valence-corrected chi connectivity index (χ4v) is 6.10. The molecule has 0 radical (unpaired) electrons. The van der Waals surface area contributed by atoms with E-state index in [1.54, 1.807) is 4.90 Å². The number of hydrogen-bond acceptors (Lipinski definition) is 5. The molecule has 4 rings (SSSR count). The molecule has 0 bridgehead atoms. The fraction of sp³-hybridized carbons (Fsp3) is 0.560. The maximum absolute atomic E-state index is 13.6. The van der Waals surface area contributed by atoms with Crippen molar-refractivity contribution >= 4 is 15.8 Å². The van der Waals surface area contributed by atoms with Crippen molar-refractivity contribution in [1.82, 2.24) is 9.71 Å². The van der Waals surface area contributed by atoms with Crippen molar-refractivity contribution < 1.29 is 26.3 Å². The number of pyridine rings is 1. The topological polar surface area (TPSA) is 71.5 Å². The predicted molar refractivity (Wildman–Crippen MR) is 129 cm³/mol. The normalized spacial score (nSPS) is 26.0. The molecule has 1 aromatic heterocycles. The Morgan fingerprint density at radius 1 is 1.06 bits per heavy atom. The Morgan fingerprint density at radius 3 is 2.43 bits per heavy atom. The molecular weight excluding hydrogens is 479 g/mol. The van der Waals surface area contributed by atoms with Crippen LogP contribution in [-0.4, -0.2) is 51.5 Å². The average molecular weight is 512 g/mol. The lowest BCUT2D eigenvalue weighted by molar-refractivity contribution is -0.137. The molecule has 2 aliphatic rings. The molecule has 6 nitrogen and oxygen atoms in total. The summed E-state index contributed by atoms with van der Waals surface area (Å²) in [6.07, 6.45) is 2.19. The number of sulfonamides is 1. The Morgan fingerprint density at radius 2 is 1.77 bits per heavy atom. The SMILES string of the molecule is CS(=O)(=O)NC1CCN(c2ncccc2C(F)(F)F)C[C@H]1COC1CCC(c2ccccc2)CC1. The summed E-state index contributed by atoms with van der Waals surface area (Å²) in [4.78, 5) is 5.62. The van der Waals surface area contributed by atoms with Gasteiger partial charge in [0.2, 0.25) is 10.0 Å². The number of nitrogens with one attached hydrogen (secondary N) is 1. The van der Waals surface area contributed by atoms with Crippen LogP contribution in [-0.2, 0) is 20.9 Å². The number of piperidine rings is 1. The first-order valence-corrected chi connectivity index (χ1v) is 13.9. The second-order valence-electron chi connectivity index (χ2n) is 9.58. The minimum absolute atomic E-state index is 0.0600. The molecule has 1 aromatic carbocycles. The van der Waals surface area contributed by atoms with Gasteiger partial charge in [-0.1, -0.05) is 30.3 Å². The number of halogens is 3. The Bertz CT molecular complexity index is 1070. The summed E-state index contributed by atoms with van der Waals surface area (Å²) >= 11 is 0. The lowest BCUT2D eigenvalue weighted by Crippen LogP contribution is -2.53. The molecular formula is C25H32F3N3O3S. The molecule has 0 spiro atoms. The molecule has 1 saturated heterocycles. The van der Waals surface area contributed by atoms with Crippen molar-refractivity contribution in [1.29, 1.82) is 0 Å². The molecule has 1 aliphatic heterocycles. The Balaban J connectivity index is 1.41. The summed E-state index contributed by atoms with van der Waals surface area (Å²) in [7, 11) is -3.47. The van der Waals surface area contributed by atoms with E-state index in [2.05, 4.69) is 21.8 Å². The van der Waals surface area contributed by atoms with Gasteiger partial charge in [0.05, 0.1) is 24.5 Å². The van der Waals surface area contributed by atoms with E-state index in [0.29, 0.717) is 12.3 Å². The number of hydrogen-bond donors (Lipinski definition) is 1. The molecule has 1 aliphatic carbocycles. The Hall–Kier alpha value is -2.17. The van der Waals surface area contributed by atoms with Gasteiger partial charge in [-0.15, -0.1) is 0 Å². The highest BCUT2D eigenvalue weighted by Gasteiger charge is 2.39. The standard InChI is InChI=1S/C25H32F3N3O3S/c1-35(32,33)30-23-13-15-31(24-22(25(26,27)28)8-5-14-29-24)16-20(23)17-34-21-11-9-19(10-12-21)18-6-3-2-4-7-18/h2-8,14,19-21,23,30H,9-13,15-17H2,1H3/t19?,20-,21?,23?/m0/s1. The zero-order valence-electron chi connectivity index (χ0n) is 19.7. The first-order chi connectivity index (χ1) is 16.6. The van der Waals surface area contributed by atoms with Gasteiger partial charge in [0.1, 0.15) is 5.82 Å². The van der Waals surface area contributed by atoms with E-state index in [1.165, 1.54) is 17.8 Å². The predicted octanol–water partition coefficient (Wildman–Crippen LogP) is 4.59. The third-order valence-electron chi connectivity index (χ3n) is 6.98. The van der Waals surface area contributed by atoms with Gasteiger partial charge in [-0.2, -0.15) is 13.2 Å². The molecule has 192 valence electrons. The first kappa shape index (κ1) is 25.9. The van der Waals surface area contributed by atoms with Crippen molar-refractivity contribution in [2.24, 2.45) is 5.92 Å². The number of alkyl halides is 3. The van der Waals surface area contributed by atoms with Crippen LogP contribution < -0.4 is 9.62 Å². The van der Waals surface area contributed by atoms with Crippen LogP contribution in [0, 0.1) is 5.92 Å². The molecule has 2 aromatic rings. The maximum atomic E-state index is 13.6. The number of anilines is 1. The highest BCUT2D eigenvalue weighted by molar-refractivity contribution is 7.88. The minimum atomic E-state index is -4.52. The van der Waals surface area contributed by atoms with Gasteiger partial charge in [-0.25, -0.2) is 18.1 Å². The van der Waals surface area contributed by atoms with E-state index in [-0.39, 0.29) is 37.5 Å². The zero-order valence-corrected chi connectivity index (χ0v) is 20.6. The molecule has 10 heteroatoms. The van der Waals surface area contributed by atoms with Gasteiger partial charge in [0.15, 0.2) is 0 Å². The molecule has 2 atom stereocenters. The smallest absolute Gasteiger partial charge is 0.378 e. The van der Waals surface area contributed by atoms with Crippen molar-refractivity contribution in [3.05, 3.63) is 59.8 Å². The van der Waals surface area contributed by atoms with E-state index in [0.717, 1.165) is 38.0 Å². The number of nitrogens with zero attached hydrogens (tertiary/aromatic N) is 2. The summed E-state index contributed by atoms with van der Waals surface area (Å²) in [5.74, 6) is 0.0883. The highest BCUT2D eigenvalue weighted by atomic mass is 32.2. The second-order valence-corrected chi connectivity index (χ2v) is 11.4. The Labute approximate surface area is 204 Å². The van der Waals surface area contributed by atoms with E-state index in [4.69, 9.17) is 4.74 Å². The molecule has 1 unspecified atom stereocenters. The first-order valence-electron chi connectivity index (χ1n) is 12.0. The van der Waals surface area contributed by atoms with Gasteiger partial charge in [-0.3, -0.25) is 0 Å². The molecule has 35 heavy (non-hydrogen) atoms. The van der Waals surface area contributed by atoms with Gasteiger partial charge < -0.3 is 9.64 Å². The molecule has 1 saturated carbocycles. The van der Waals surface area contributed by atoms with Crippen LogP contribution in [0.2, 0.25) is 0 Å². The third-order valence-corrected chi connectivity index (χ3v) is 7.71. The quantitative estimate of drug-likeness (QED) is 0.589. The summed E-state index contributed by atoms with van der Waals surface area (Å²) in [6, 6.07) is 12.3. The molecule has 2 fully saturated rings. The fourth-order valence-electron chi connectivity index (χ4n) is 5.24. The molecule has 1 N–H and O–H groups in total. The van der Waals surface area contributed by atoms with Crippen LogP contribution in [0.15, 0.2) is 48.7 Å². The van der Waals surface area contributed by atoms with E-state index in [1.807, 2.05) is 18.2 Å². The zero-order chi connectivity index (χ0) is 25.1. The van der Waals surface area contributed by atoms with Gasteiger partial charge in [-0.05, 0) is 55.7 Å². The van der Waals surface area contributed by atoms with Crippen molar-refractivity contribution in [2.75, 3.05) is 30.9 Å².